The molecule has 0 radical (unpaired) electrons. The Morgan fingerprint density at radius 2 is 1.91 bits per heavy atom. The maximum Gasteiger partial charge on any atom is 0.304 e. The molecule has 0 aromatic rings. The van der Waals surface area contributed by atoms with Crippen LogP contribution in [0.15, 0.2) is 11.6 Å². The van der Waals surface area contributed by atoms with Crippen LogP contribution in [0, 0.1) is 17.8 Å². The van der Waals surface area contributed by atoms with E-state index in [-0.39, 0.29) is 17.1 Å². The quantitative estimate of drug-likeness (QED) is 0.545. The van der Waals surface area contributed by atoms with Crippen LogP contribution in [-0.2, 0) is 25.0 Å². The first-order valence-corrected chi connectivity index (χ1v) is 14.3. The van der Waals surface area contributed by atoms with E-state index >= 15 is 4.39 Å². The lowest BCUT2D eigenvalue weighted by Gasteiger charge is -2.48. The average Bonchev–Trinajstić information content (AvgIpc) is 3.55. The molecule has 1 saturated heterocycles. The SMILES string of the molecule is O=C1CN(C2C(O)CC3CCC(C4=CCN(S(=O)(=O)C5CC5)CC4)CC3C2F)S(=O)(=O)N1. The van der Waals surface area contributed by atoms with E-state index in [1.807, 2.05) is 10.8 Å². The lowest BCUT2D eigenvalue weighted by molar-refractivity contribution is -0.119. The third kappa shape index (κ3) is 3.91. The number of alkyl halides is 1. The molecule has 2 heterocycles. The van der Waals surface area contributed by atoms with Crippen LogP contribution in [0.1, 0.15) is 44.9 Å². The fourth-order valence-electron chi connectivity index (χ4n) is 6.13. The third-order valence-electron chi connectivity index (χ3n) is 7.94. The monoisotopic (exact) mass is 491 g/mol. The number of nitrogens with zero attached hydrogens (tertiary/aromatic N) is 2. The Kier molecular flexibility index (Phi) is 5.68. The molecular formula is C20H30FN3O6S2. The molecule has 0 bridgehead atoms. The number of fused-ring (bicyclic) bond motifs is 1. The van der Waals surface area contributed by atoms with Crippen molar-refractivity contribution in [3.63, 3.8) is 0 Å². The maximum absolute atomic E-state index is 15.7. The van der Waals surface area contributed by atoms with Crippen LogP contribution in [0.2, 0.25) is 0 Å². The fraction of sp³-hybridized carbons (Fsp3) is 0.850. The molecule has 3 saturated carbocycles. The minimum Gasteiger partial charge on any atom is -0.391 e. The highest BCUT2D eigenvalue weighted by molar-refractivity contribution is 7.90. The number of amides is 1. The van der Waals surface area contributed by atoms with E-state index in [9.17, 15) is 26.7 Å². The molecule has 4 fully saturated rings. The lowest BCUT2D eigenvalue weighted by Crippen LogP contribution is -2.58. The first-order valence-electron chi connectivity index (χ1n) is 11.4. The predicted molar refractivity (Wildman–Crippen MR) is 114 cm³/mol. The van der Waals surface area contributed by atoms with Crippen molar-refractivity contribution < 1.29 is 31.1 Å². The second-order valence-electron chi connectivity index (χ2n) is 9.88. The predicted octanol–water partition coefficient (Wildman–Crippen LogP) is 0.291. The molecule has 0 aromatic heterocycles. The van der Waals surface area contributed by atoms with Crippen molar-refractivity contribution >= 4 is 26.1 Å². The number of hydrogen-bond acceptors (Lipinski definition) is 6. The summed E-state index contributed by atoms with van der Waals surface area (Å²) >= 11 is 0. The van der Waals surface area contributed by atoms with Crippen LogP contribution in [0.25, 0.3) is 0 Å². The van der Waals surface area contributed by atoms with Gasteiger partial charge in [0.05, 0.1) is 23.9 Å². The number of halogens is 1. The molecule has 2 N–H and O–H groups in total. The van der Waals surface area contributed by atoms with Crippen LogP contribution in [0.5, 0.6) is 0 Å². The molecule has 180 valence electrons. The lowest BCUT2D eigenvalue weighted by atomic mass is 9.63. The number of carbonyl (C=O) groups excluding carboxylic acids is 1. The molecule has 12 heteroatoms. The molecule has 6 atom stereocenters. The van der Waals surface area contributed by atoms with Gasteiger partial charge in [0.1, 0.15) is 6.17 Å². The summed E-state index contributed by atoms with van der Waals surface area (Å²) in [5, 5.41) is 10.3. The molecule has 3 aliphatic carbocycles. The van der Waals surface area contributed by atoms with Crippen LogP contribution in [0.3, 0.4) is 0 Å². The van der Waals surface area contributed by atoms with Gasteiger partial charge >= 0.3 is 10.2 Å². The number of aliphatic hydroxyl groups excluding tert-OH is 1. The highest BCUT2D eigenvalue weighted by Gasteiger charge is 2.54. The molecule has 5 rings (SSSR count). The normalized spacial score (nSPS) is 41.1. The minimum atomic E-state index is -4.14. The summed E-state index contributed by atoms with van der Waals surface area (Å²) in [5.74, 6) is -1.02. The number of hydrogen-bond donors (Lipinski definition) is 2. The summed E-state index contributed by atoms with van der Waals surface area (Å²) in [5.41, 5.74) is 1.16. The molecule has 6 unspecified atom stereocenters. The number of nitrogens with one attached hydrogen (secondary N) is 1. The van der Waals surface area contributed by atoms with Crippen LogP contribution < -0.4 is 4.72 Å². The van der Waals surface area contributed by atoms with Crippen LogP contribution in [0.4, 0.5) is 4.39 Å². The van der Waals surface area contributed by atoms with Crippen molar-refractivity contribution in [2.75, 3.05) is 19.6 Å². The second kappa shape index (κ2) is 8.00. The number of carbonyl (C=O) groups is 1. The molecule has 0 aromatic carbocycles. The summed E-state index contributed by atoms with van der Waals surface area (Å²) in [6, 6.07) is -1.27. The Morgan fingerprint density at radius 3 is 2.50 bits per heavy atom. The van der Waals surface area contributed by atoms with Crippen molar-refractivity contribution in [2.45, 2.75) is 68.5 Å². The Balaban J connectivity index is 1.29. The largest absolute Gasteiger partial charge is 0.391 e. The van der Waals surface area contributed by atoms with Gasteiger partial charge in [0.2, 0.25) is 15.9 Å². The van der Waals surface area contributed by atoms with Crippen LogP contribution in [-0.4, -0.2) is 79.7 Å². The van der Waals surface area contributed by atoms with E-state index in [2.05, 4.69) is 0 Å². The molecule has 5 aliphatic rings. The summed E-state index contributed by atoms with van der Waals surface area (Å²) in [7, 11) is -7.34. The number of aliphatic hydroxyl groups is 1. The summed E-state index contributed by atoms with van der Waals surface area (Å²) < 4.78 is 69.3. The topological polar surface area (TPSA) is 124 Å². The number of rotatable bonds is 4. The first-order chi connectivity index (χ1) is 15.1. The van der Waals surface area contributed by atoms with Gasteiger partial charge in [-0.25, -0.2) is 17.5 Å². The minimum absolute atomic E-state index is 0.0302. The Morgan fingerprint density at radius 1 is 1.16 bits per heavy atom. The Bertz CT molecular complexity index is 1030. The van der Waals surface area contributed by atoms with Gasteiger partial charge in [0.15, 0.2) is 0 Å². The zero-order valence-electron chi connectivity index (χ0n) is 17.8. The van der Waals surface area contributed by atoms with E-state index in [4.69, 9.17) is 0 Å². The third-order valence-corrected chi connectivity index (χ3v) is 11.8. The zero-order chi connectivity index (χ0) is 22.8. The van der Waals surface area contributed by atoms with Gasteiger partial charge in [-0.05, 0) is 62.7 Å². The summed E-state index contributed by atoms with van der Waals surface area (Å²) in [4.78, 5) is 11.6. The van der Waals surface area contributed by atoms with E-state index in [0.717, 1.165) is 35.6 Å². The zero-order valence-corrected chi connectivity index (χ0v) is 19.4. The summed E-state index contributed by atoms with van der Waals surface area (Å²) in [6.45, 7) is 0.343. The molecule has 2 aliphatic heterocycles. The van der Waals surface area contributed by atoms with Crippen molar-refractivity contribution in [3.8, 4) is 0 Å². The van der Waals surface area contributed by atoms with Crippen molar-refractivity contribution in [3.05, 3.63) is 11.6 Å². The van der Waals surface area contributed by atoms with Gasteiger partial charge < -0.3 is 5.11 Å². The number of sulfonamides is 1. The van der Waals surface area contributed by atoms with Crippen molar-refractivity contribution in [2.24, 2.45) is 17.8 Å². The van der Waals surface area contributed by atoms with Gasteiger partial charge in [-0.3, -0.25) is 4.79 Å². The molecule has 0 spiro atoms. The van der Waals surface area contributed by atoms with Crippen molar-refractivity contribution in [1.29, 1.82) is 0 Å². The molecule has 32 heavy (non-hydrogen) atoms. The fourth-order valence-corrected chi connectivity index (χ4v) is 9.24. The Hall–Kier alpha value is -1.08. The van der Waals surface area contributed by atoms with E-state index in [1.165, 1.54) is 0 Å². The summed E-state index contributed by atoms with van der Waals surface area (Å²) in [6.07, 6.45) is 3.82. The molecular weight excluding hydrogens is 461 g/mol. The van der Waals surface area contributed by atoms with Gasteiger partial charge in [0.25, 0.3) is 0 Å². The highest BCUT2D eigenvalue weighted by Crippen LogP contribution is 2.48. The molecule has 9 nitrogen and oxygen atoms in total. The molecule has 1 amide bonds. The second-order valence-corrected chi connectivity index (χ2v) is 13.7. The first kappa shape index (κ1) is 22.7. The van der Waals surface area contributed by atoms with E-state index in [1.54, 1.807) is 4.31 Å². The van der Waals surface area contributed by atoms with Crippen molar-refractivity contribution in [1.82, 2.24) is 13.3 Å². The van der Waals surface area contributed by atoms with E-state index < -0.39 is 56.9 Å². The smallest absolute Gasteiger partial charge is 0.304 e. The van der Waals surface area contributed by atoms with Gasteiger partial charge in [-0.15, -0.1) is 0 Å². The average molecular weight is 492 g/mol. The van der Waals surface area contributed by atoms with Gasteiger partial charge in [0, 0.05) is 13.1 Å². The standard InChI is InChI=1S/C20H30FN3O6S2/c21-19-16-9-13(12-5-7-23(8-6-12)31(27,28)15-3-4-15)1-2-14(16)10-17(25)20(19)24-11-18(26)22-32(24,29)30/h5,13-17,19-20,25H,1-4,6-11H2,(H,22,26). The Labute approximate surface area is 188 Å². The van der Waals surface area contributed by atoms with Gasteiger partial charge in [-0.1, -0.05) is 11.6 Å². The maximum atomic E-state index is 15.7. The van der Waals surface area contributed by atoms with Crippen LogP contribution >= 0.6 is 0 Å². The van der Waals surface area contributed by atoms with E-state index in [0.29, 0.717) is 32.4 Å². The highest BCUT2D eigenvalue weighted by atomic mass is 32.2. The van der Waals surface area contributed by atoms with Gasteiger partial charge in [-0.2, -0.15) is 17.0 Å².